The highest BCUT2D eigenvalue weighted by atomic mass is 32.2. The molecule has 1 aromatic heterocycles. The van der Waals surface area contributed by atoms with Gasteiger partial charge in [-0.25, -0.2) is 22.1 Å². The number of sulfonamides is 1. The first-order chi connectivity index (χ1) is 11.4. The zero-order valence-corrected chi connectivity index (χ0v) is 13.9. The number of hydrogen-bond acceptors (Lipinski definition) is 4. The number of imidazole rings is 1. The van der Waals surface area contributed by atoms with Crippen LogP contribution in [0.1, 0.15) is 18.0 Å². The van der Waals surface area contributed by atoms with E-state index >= 15 is 0 Å². The van der Waals surface area contributed by atoms with Crippen LogP contribution in [-0.4, -0.2) is 52.8 Å². The molecule has 2 aliphatic rings. The van der Waals surface area contributed by atoms with Crippen LogP contribution in [0.25, 0.3) is 11.3 Å². The number of aromatic nitrogens is 2. The van der Waals surface area contributed by atoms with E-state index < -0.39 is 16.1 Å². The van der Waals surface area contributed by atoms with Gasteiger partial charge in [-0.2, -0.15) is 0 Å². The van der Waals surface area contributed by atoms with E-state index in [1.807, 2.05) is 4.57 Å². The lowest BCUT2D eigenvalue weighted by Crippen LogP contribution is -2.48. The number of fused-ring (bicyclic) bond motifs is 3. The monoisotopic (exact) mass is 351 g/mol. The van der Waals surface area contributed by atoms with Crippen LogP contribution >= 0.6 is 0 Å². The van der Waals surface area contributed by atoms with E-state index in [1.54, 1.807) is 18.6 Å². The Morgan fingerprint density at radius 3 is 2.92 bits per heavy atom. The molecule has 2 aromatic rings. The van der Waals surface area contributed by atoms with Crippen molar-refractivity contribution >= 4 is 10.0 Å². The van der Waals surface area contributed by atoms with Crippen LogP contribution in [0.15, 0.2) is 30.7 Å². The number of halogens is 1. The van der Waals surface area contributed by atoms with Crippen molar-refractivity contribution in [2.75, 3.05) is 19.3 Å². The number of aliphatic hydroxyl groups is 1. The van der Waals surface area contributed by atoms with E-state index in [0.717, 1.165) is 16.8 Å². The lowest BCUT2D eigenvalue weighted by atomic mass is 9.85. The molecular weight excluding hydrogens is 333 g/mol. The molecule has 2 aliphatic heterocycles. The van der Waals surface area contributed by atoms with Crippen LogP contribution in [0.5, 0.6) is 0 Å². The second-order valence-corrected chi connectivity index (χ2v) is 8.49. The van der Waals surface area contributed by atoms with Crippen molar-refractivity contribution in [1.29, 1.82) is 0 Å². The zero-order chi connectivity index (χ0) is 17.1. The summed E-state index contributed by atoms with van der Waals surface area (Å²) in [5, 5.41) is 10.5. The van der Waals surface area contributed by atoms with Gasteiger partial charge in [-0.15, -0.1) is 0 Å². The molecule has 4 rings (SSSR count). The first-order valence-corrected chi connectivity index (χ1v) is 9.66. The van der Waals surface area contributed by atoms with E-state index in [-0.39, 0.29) is 24.3 Å². The first-order valence-electron chi connectivity index (χ1n) is 7.81. The smallest absolute Gasteiger partial charge is 0.211 e. The lowest BCUT2D eigenvalue weighted by molar-refractivity contribution is 0.0358. The molecule has 8 heteroatoms. The van der Waals surface area contributed by atoms with Gasteiger partial charge in [0.25, 0.3) is 0 Å². The fourth-order valence-corrected chi connectivity index (χ4v) is 4.76. The van der Waals surface area contributed by atoms with Crippen molar-refractivity contribution < 1.29 is 17.9 Å². The number of piperidine rings is 1. The molecule has 1 N–H and O–H groups in total. The molecule has 3 atom stereocenters. The van der Waals surface area contributed by atoms with Crippen molar-refractivity contribution in [2.45, 2.75) is 18.6 Å². The Bertz CT molecular complexity index is 896. The Balaban J connectivity index is 1.79. The minimum absolute atomic E-state index is 0.235. The van der Waals surface area contributed by atoms with Gasteiger partial charge in [0.15, 0.2) is 0 Å². The molecule has 1 saturated heterocycles. The predicted octanol–water partition coefficient (Wildman–Crippen LogP) is 1.23. The van der Waals surface area contributed by atoms with Crippen molar-refractivity contribution in [2.24, 2.45) is 5.92 Å². The Hall–Kier alpha value is -1.77. The number of aliphatic hydroxyl groups excluding tert-OH is 1. The summed E-state index contributed by atoms with van der Waals surface area (Å²) in [6.45, 7) is 0.551. The largest absolute Gasteiger partial charge is 0.393 e. The summed E-state index contributed by atoms with van der Waals surface area (Å²) in [6.07, 6.45) is 4.27. The van der Waals surface area contributed by atoms with Crippen LogP contribution in [0.3, 0.4) is 0 Å². The lowest BCUT2D eigenvalue weighted by Gasteiger charge is -2.38. The summed E-state index contributed by atoms with van der Waals surface area (Å²) in [4.78, 5) is 4.14. The molecule has 0 unspecified atom stereocenters. The van der Waals surface area contributed by atoms with Crippen molar-refractivity contribution in [1.82, 2.24) is 13.9 Å². The third-order valence-electron chi connectivity index (χ3n) is 5.03. The minimum atomic E-state index is -3.32. The Morgan fingerprint density at radius 1 is 1.38 bits per heavy atom. The number of rotatable bonds is 2. The number of nitrogens with zero attached hydrogens (tertiary/aromatic N) is 3. The van der Waals surface area contributed by atoms with Crippen LogP contribution in [0, 0.1) is 11.7 Å². The van der Waals surface area contributed by atoms with E-state index in [0.29, 0.717) is 13.0 Å². The maximum atomic E-state index is 13.7. The van der Waals surface area contributed by atoms with E-state index in [2.05, 4.69) is 4.98 Å². The molecular formula is C16H18FN3O3S. The van der Waals surface area contributed by atoms with Crippen LogP contribution in [0.2, 0.25) is 0 Å². The highest BCUT2D eigenvalue weighted by molar-refractivity contribution is 7.88. The molecule has 128 valence electrons. The summed E-state index contributed by atoms with van der Waals surface area (Å²) in [5.41, 5.74) is 2.44. The van der Waals surface area contributed by atoms with Crippen LogP contribution in [-0.2, 0) is 10.0 Å². The first kappa shape index (κ1) is 15.7. The van der Waals surface area contributed by atoms with E-state index in [1.165, 1.54) is 22.7 Å². The van der Waals surface area contributed by atoms with Crippen molar-refractivity contribution in [3.05, 3.63) is 42.1 Å². The van der Waals surface area contributed by atoms with Crippen LogP contribution < -0.4 is 0 Å². The highest BCUT2D eigenvalue weighted by Crippen LogP contribution is 2.45. The fraction of sp³-hybridized carbons (Fsp3) is 0.438. The van der Waals surface area contributed by atoms with Gasteiger partial charge in [0.2, 0.25) is 10.0 Å². The quantitative estimate of drug-likeness (QED) is 0.883. The van der Waals surface area contributed by atoms with Gasteiger partial charge in [0, 0.05) is 24.6 Å². The molecule has 6 nitrogen and oxygen atoms in total. The van der Waals surface area contributed by atoms with Crippen molar-refractivity contribution in [3.8, 4) is 11.3 Å². The van der Waals surface area contributed by atoms with E-state index in [9.17, 15) is 17.9 Å². The summed E-state index contributed by atoms with van der Waals surface area (Å²) in [6, 6.07) is 4.33. The molecule has 0 radical (unpaired) electrons. The average molecular weight is 351 g/mol. The molecule has 0 spiro atoms. The van der Waals surface area contributed by atoms with Gasteiger partial charge in [0.05, 0.1) is 36.6 Å². The average Bonchev–Trinajstić information content (AvgIpc) is 3.08. The maximum Gasteiger partial charge on any atom is 0.211 e. The van der Waals surface area contributed by atoms with Crippen molar-refractivity contribution in [3.63, 3.8) is 0 Å². The van der Waals surface area contributed by atoms with E-state index in [4.69, 9.17) is 0 Å². The second kappa shape index (κ2) is 5.37. The Morgan fingerprint density at radius 2 is 2.17 bits per heavy atom. The molecule has 0 amide bonds. The molecule has 24 heavy (non-hydrogen) atoms. The third kappa shape index (κ3) is 2.37. The summed E-state index contributed by atoms with van der Waals surface area (Å²) < 4.78 is 40.8. The SMILES string of the molecule is CS(=O)(=O)N1CC[C@H](O)[C@@H]([C@@H]2c3ccc(F)cc3-c3cncn32)C1. The predicted molar refractivity (Wildman–Crippen MR) is 86.3 cm³/mol. The summed E-state index contributed by atoms with van der Waals surface area (Å²) >= 11 is 0. The molecule has 0 aliphatic carbocycles. The normalized spacial score (nSPS) is 27.0. The molecule has 3 heterocycles. The topological polar surface area (TPSA) is 75.4 Å². The second-order valence-electron chi connectivity index (χ2n) is 6.50. The number of hydrogen-bond donors (Lipinski definition) is 1. The molecule has 0 saturated carbocycles. The summed E-state index contributed by atoms with van der Waals surface area (Å²) in [7, 11) is -3.32. The van der Waals surface area contributed by atoms with Gasteiger partial charge in [-0.1, -0.05) is 6.07 Å². The van der Waals surface area contributed by atoms with Gasteiger partial charge in [0.1, 0.15) is 5.82 Å². The van der Waals surface area contributed by atoms with Crippen LogP contribution in [0.4, 0.5) is 4.39 Å². The Kier molecular flexibility index (Phi) is 3.52. The standard InChI is InChI=1S/C16H18FN3O3S/c1-24(22,23)19-5-4-15(21)13(8-19)16-11-3-2-10(17)6-12(11)14-7-18-9-20(14)16/h2-3,6-7,9,13,15-16,21H,4-5,8H2,1H3/t13-,15-,16-/m0/s1. The zero-order valence-electron chi connectivity index (χ0n) is 13.1. The van der Waals surface area contributed by atoms with Gasteiger partial charge in [-0.05, 0) is 24.1 Å². The fourth-order valence-electron chi connectivity index (χ4n) is 3.88. The summed E-state index contributed by atoms with van der Waals surface area (Å²) in [5.74, 6) is -0.641. The number of benzene rings is 1. The molecule has 1 aromatic carbocycles. The minimum Gasteiger partial charge on any atom is -0.393 e. The van der Waals surface area contributed by atoms with Gasteiger partial charge < -0.3 is 9.67 Å². The molecule has 0 bridgehead atoms. The molecule has 1 fully saturated rings. The van der Waals surface area contributed by atoms with Gasteiger partial charge in [-0.3, -0.25) is 0 Å². The Labute approximate surface area is 139 Å². The van der Waals surface area contributed by atoms with Gasteiger partial charge >= 0.3 is 0 Å². The highest BCUT2D eigenvalue weighted by Gasteiger charge is 2.42. The maximum absolute atomic E-state index is 13.7. The third-order valence-corrected chi connectivity index (χ3v) is 6.30.